The zero-order valence-corrected chi connectivity index (χ0v) is 10.6. The van der Waals surface area contributed by atoms with Gasteiger partial charge in [-0.25, -0.2) is 0 Å². The Morgan fingerprint density at radius 2 is 2.00 bits per heavy atom. The molecule has 0 saturated heterocycles. The molecule has 88 valence electrons. The second-order valence-corrected chi connectivity index (χ2v) is 4.40. The summed E-state index contributed by atoms with van der Waals surface area (Å²) in [6.45, 7) is 5.81. The number of hydrogen-bond donors (Lipinski definition) is 1. The lowest BCUT2D eigenvalue weighted by atomic mass is 9.83. The SMILES string of the molecule is CN/C(C)=C(/C(C)=O)C1C=CC=CCC1C. The van der Waals surface area contributed by atoms with Crippen LogP contribution in [0.2, 0.25) is 0 Å². The summed E-state index contributed by atoms with van der Waals surface area (Å²) in [6, 6.07) is 0. The van der Waals surface area contributed by atoms with Crippen LogP contribution in [0.1, 0.15) is 27.2 Å². The first-order valence-corrected chi connectivity index (χ1v) is 5.80. The van der Waals surface area contributed by atoms with Crippen molar-refractivity contribution in [3.63, 3.8) is 0 Å². The van der Waals surface area contributed by atoms with Crippen LogP contribution in [0, 0.1) is 11.8 Å². The molecule has 0 aromatic carbocycles. The summed E-state index contributed by atoms with van der Waals surface area (Å²) < 4.78 is 0. The van der Waals surface area contributed by atoms with Crippen molar-refractivity contribution in [3.05, 3.63) is 35.6 Å². The van der Waals surface area contributed by atoms with Crippen molar-refractivity contribution in [1.29, 1.82) is 0 Å². The van der Waals surface area contributed by atoms with Gasteiger partial charge in [0.2, 0.25) is 0 Å². The van der Waals surface area contributed by atoms with Crippen molar-refractivity contribution in [1.82, 2.24) is 5.32 Å². The predicted molar refractivity (Wildman–Crippen MR) is 68.0 cm³/mol. The van der Waals surface area contributed by atoms with Crippen LogP contribution in [0.5, 0.6) is 0 Å². The first-order valence-electron chi connectivity index (χ1n) is 5.80. The molecule has 2 heteroatoms. The van der Waals surface area contributed by atoms with E-state index in [1.54, 1.807) is 6.92 Å². The van der Waals surface area contributed by atoms with Crippen LogP contribution in [0.15, 0.2) is 35.6 Å². The van der Waals surface area contributed by atoms with Crippen molar-refractivity contribution in [2.75, 3.05) is 7.05 Å². The number of rotatable bonds is 3. The maximum Gasteiger partial charge on any atom is 0.158 e. The van der Waals surface area contributed by atoms with Gasteiger partial charge in [0, 0.05) is 24.2 Å². The highest BCUT2D eigenvalue weighted by atomic mass is 16.1. The third-order valence-electron chi connectivity index (χ3n) is 3.18. The fraction of sp³-hybridized carbons (Fsp3) is 0.500. The summed E-state index contributed by atoms with van der Waals surface area (Å²) in [5.74, 6) is 0.854. The zero-order chi connectivity index (χ0) is 12.1. The minimum atomic E-state index is 0.162. The van der Waals surface area contributed by atoms with E-state index in [2.05, 4.69) is 30.5 Å². The summed E-state index contributed by atoms with van der Waals surface area (Å²) in [5, 5.41) is 3.09. The Labute approximate surface area is 98.1 Å². The number of carbonyl (C=O) groups excluding carboxylic acids is 1. The Bertz CT molecular complexity index is 350. The molecular formula is C14H21NO. The molecule has 0 aromatic heterocycles. The normalized spacial score (nSPS) is 26.0. The maximum absolute atomic E-state index is 11.7. The largest absolute Gasteiger partial charge is 0.391 e. The van der Waals surface area contributed by atoms with E-state index in [-0.39, 0.29) is 11.7 Å². The van der Waals surface area contributed by atoms with Crippen LogP contribution in [-0.2, 0) is 4.79 Å². The highest BCUT2D eigenvalue weighted by Gasteiger charge is 2.23. The molecular weight excluding hydrogens is 198 g/mol. The van der Waals surface area contributed by atoms with Crippen LogP contribution in [0.4, 0.5) is 0 Å². The van der Waals surface area contributed by atoms with E-state index in [1.165, 1.54) is 0 Å². The Morgan fingerprint density at radius 3 is 2.56 bits per heavy atom. The molecule has 0 aliphatic heterocycles. The van der Waals surface area contributed by atoms with E-state index in [0.717, 1.165) is 17.7 Å². The third-order valence-corrected chi connectivity index (χ3v) is 3.18. The molecule has 1 rings (SSSR count). The summed E-state index contributed by atoms with van der Waals surface area (Å²) >= 11 is 0. The lowest BCUT2D eigenvalue weighted by Gasteiger charge is -2.22. The molecule has 0 bridgehead atoms. The van der Waals surface area contributed by atoms with E-state index >= 15 is 0 Å². The molecule has 1 N–H and O–H groups in total. The second-order valence-electron chi connectivity index (χ2n) is 4.40. The molecule has 2 unspecified atom stereocenters. The third kappa shape index (κ3) is 2.84. The molecule has 1 aliphatic rings. The molecule has 2 nitrogen and oxygen atoms in total. The van der Waals surface area contributed by atoms with Gasteiger partial charge in [0.1, 0.15) is 0 Å². The van der Waals surface area contributed by atoms with Gasteiger partial charge < -0.3 is 5.32 Å². The summed E-state index contributed by atoms with van der Waals surface area (Å²) in [5.41, 5.74) is 1.89. The highest BCUT2D eigenvalue weighted by Crippen LogP contribution is 2.29. The van der Waals surface area contributed by atoms with Crippen molar-refractivity contribution >= 4 is 5.78 Å². The van der Waals surface area contributed by atoms with Crippen LogP contribution >= 0.6 is 0 Å². The van der Waals surface area contributed by atoms with Crippen molar-refractivity contribution in [3.8, 4) is 0 Å². The van der Waals surface area contributed by atoms with Gasteiger partial charge in [0.05, 0.1) is 0 Å². The summed E-state index contributed by atoms with van der Waals surface area (Å²) in [4.78, 5) is 11.7. The fourth-order valence-corrected chi connectivity index (χ4v) is 2.16. The van der Waals surface area contributed by atoms with Gasteiger partial charge in [0.25, 0.3) is 0 Å². The molecule has 16 heavy (non-hydrogen) atoms. The van der Waals surface area contributed by atoms with Crippen molar-refractivity contribution < 1.29 is 4.79 Å². The Kier molecular flexibility index (Phi) is 4.53. The van der Waals surface area contributed by atoms with E-state index in [9.17, 15) is 4.79 Å². The smallest absolute Gasteiger partial charge is 0.158 e. The standard InChI is InChI=1S/C14H21NO/c1-10-8-6-5-7-9-13(10)14(12(3)16)11(2)15-4/h5-7,9-10,13,15H,8H2,1-4H3/b14-11-. The first kappa shape index (κ1) is 12.8. The Hall–Kier alpha value is -1.31. The van der Waals surface area contributed by atoms with Gasteiger partial charge in [-0.3, -0.25) is 4.79 Å². The lowest BCUT2D eigenvalue weighted by Crippen LogP contribution is -2.21. The van der Waals surface area contributed by atoms with Gasteiger partial charge in [-0.2, -0.15) is 0 Å². The van der Waals surface area contributed by atoms with Crippen LogP contribution in [0.25, 0.3) is 0 Å². The molecule has 0 radical (unpaired) electrons. The summed E-state index contributed by atoms with van der Waals surface area (Å²) in [6.07, 6.45) is 9.41. The Morgan fingerprint density at radius 1 is 1.31 bits per heavy atom. The minimum Gasteiger partial charge on any atom is -0.391 e. The molecule has 1 aliphatic carbocycles. The number of Topliss-reactive ketones (excluding diaryl/α,β-unsaturated/α-hetero) is 1. The molecule has 0 saturated carbocycles. The van der Waals surface area contributed by atoms with Crippen LogP contribution in [-0.4, -0.2) is 12.8 Å². The number of allylic oxidation sites excluding steroid dienone is 6. The number of carbonyl (C=O) groups is 1. The van der Waals surface area contributed by atoms with Gasteiger partial charge >= 0.3 is 0 Å². The number of hydrogen-bond acceptors (Lipinski definition) is 2. The molecule has 0 amide bonds. The minimum absolute atomic E-state index is 0.162. The highest BCUT2D eigenvalue weighted by molar-refractivity contribution is 5.94. The number of ketones is 1. The first-order chi connectivity index (χ1) is 7.57. The van der Waals surface area contributed by atoms with E-state index in [0.29, 0.717) is 5.92 Å². The van der Waals surface area contributed by atoms with Gasteiger partial charge in [-0.15, -0.1) is 0 Å². The molecule has 0 fully saturated rings. The summed E-state index contributed by atoms with van der Waals surface area (Å²) in [7, 11) is 1.86. The lowest BCUT2D eigenvalue weighted by molar-refractivity contribution is -0.114. The van der Waals surface area contributed by atoms with E-state index < -0.39 is 0 Å². The molecule has 0 aromatic rings. The van der Waals surface area contributed by atoms with Crippen molar-refractivity contribution in [2.24, 2.45) is 11.8 Å². The molecule has 2 atom stereocenters. The molecule has 0 spiro atoms. The van der Waals surface area contributed by atoms with E-state index in [4.69, 9.17) is 0 Å². The van der Waals surface area contributed by atoms with Gasteiger partial charge in [-0.05, 0) is 26.2 Å². The number of nitrogens with one attached hydrogen (secondary N) is 1. The van der Waals surface area contributed by atoms with Gasteiger partial charge in [-0.1, -0.05) is 31.2 Å². The monoisotopic (exact) mass is 219 g/mol. The van der Waals surface area contributed by atoms with Gasteiger partial charge in [0.15, 0.2) is 5.78 Å². The van der Waals surface area contributed by atoms with E-state index in [1.807, 2.05) is 20.0 Å². The average Bonchev–Trinajstić information content (AvgIpc) is 2.44. The average molecular weight is 219 g/mol. The quantitative estimate of drug-likeness (QED) is 0.739. The van der Waals surface area contributed by atoms with Crippen molar-refractivity contribution in [2.45, 2.75) is 27.2 Å². The predicted octanol–water partition coefficient (Wildman–Crippen LogP) is 2.84. The topological polar surface area (TPSA) is 29.1 Å². The zero-order valence-electron chi connectivity index (χ0n) is 10.6. The Balaban J connectivity index is 3.08. The fourth-order valence-electron chi connectivity index (χ4n) is 2.16. The second kappa shape index (κ2) is 5.69. The van der Waals surface area contributed by atoms with Crippen LogP contribution < -0.4 is 5.32 Å². The maximum atomic E-state index is 11.7. The molecule has 0 heterocycles. The van der Waals surface area contributed by atoms with Crippen LogP contribution in [0.3, 0.4) is 0 Å².